The van der Waals surface area contributed by atoms with Gasteiger partial charge in [0.1, 0.15) is 42.1 Å². The van der Waals surface area contributed by atoms with Gasteiger partial charge in [0.25, 0.3) is 5.91 Å². The Labute approximate surface area is 269 Å². The number of likely N-dealkylation sites (N-methyl/N-ethyl adjacent to an activating group) is 1. The van der Waals surface area contributed by atoms with Crippen LogP contribution in [0.2, 0.25) is 0 Å². The summed E-state index contributed by atoms with van der Waals surface area (Å²) < 4.78 is 17.3. The van der Waals surface area contributed by atoms with Crippen LogP contribution in [0.4, 0.5) is 5.69 Å². The molecule has 1 amide bonds. The van der Waals surface area contributed by atoms with E-state index >= 15 is 0 Å². The summed E-state index contributed by atoms with van der Waals surface area (Å²) in [6.07, 6.45) is -8.91. The molecule has 0 aliphatic carbocycles. The van der Waals surface area contributed by atoms with E-state index in [0.717, 1.165) is 28.4 Å². The molecular weight excluding hydrogens is 618 g/mol. The number of nitrogens with zero attached hydrogens (tertiary/aromatic N) is 2. The Morgan fingerprint density at radius 3 is 2.50 bits per heavy atom. The molecule has 0 bridgehead atoms. The number of amides is 1. The molecule has 1 saturated heterocycles. The van der Waals surface area contributed by atoms with E-state index in [9.17, 15) is 30.0 Å². The number of rotatable bonds is 9. The van der Waals surface area contributed by atoms with Crippen molar-refractivity contribution < 1.29 is 44.2 Å². The number of carboxylic acid groups (broad SMARTS) is 1. The predicted molar refractivity (Wildman–Crippen MR) is 171 cm³/mol. The van der Waals surface area contributed by atoms with Crippen molar-refractivity contribution in [1.82, 2.24) is 9.88 Å². The van der Waals surface area contributed by atoms with Crippen LogP contribution in [0.3, 0.4) is 0 Å². The van der Waals surface area contributed by atoms with Crippen LogP contribution >= 0.6 is 11.6 Å². The number of hydrogen-bond donors (Lipinski definition) is 5. The smallest absolute Gasteiger partial charge is 0.335 e. The second-order valence-corrected chi connectivity index (χ2v) is 12.7. The fourth-order valence-electron chi connectivity index (χ4n) is 6.10. The first-order chi connectivity index (χ1) is 21.9. The zero-order valence-corrected chi connectivity index (χ0v) is 26.2. The number of alkyl halides is 1. The lowest BCUT2D eigenvalue weighted by molar-refractivity contribution is -0.270. The van der Waals surface area contributed by atoms with Crippen LogP contribution in [0.25, 0.3) is 21.7 Å². The fraction of sp³-hybridized carbons (Fsp3) is 0.394. The Hall–Kier alpha value is -3.91. The van der Waals surface area contributed by atoms with E-state index in [1.807, 2.05) is 56.3 Å². The summed E-state index contributed by atoms with van der Waals surface area (Å²) in [5.41, 5.74) is 2.50. The molecule has 0 unspecified atom stereocenters. The number of ether oxygens (including phenoxy) is 3. The number of aromatic nitrogens is 1. The van der Waals surface area contributed by atoms with Gasteiger partial charge in [-0.15, -0.1) is 11.6 Å². The van der Waals surface area contributed by atoms with Crippen molar-refractivity contribution >= 4 is 50.8 Å². The van der Waals surface area contributed by atoms with Crippen molar-refractivity contribution in [3.63, 3.8) is 0 Å². The Bertz CT molecular complexity index is 1780. The van der Waals surface area contributed by atoms with Crippen LogP contribution in [0, 0.1) is 0 Å². The SMILES string of the molecule is C[C@@H](Cl)[C@@H]1CN(C(=O)c2cc3cc(OCCN(C)C)ccc3[nH]2)c2cc(O[C@@H]3O[C@H](C(=O)O)[C@@H](O)[C@H](O)[C@H]3O)c3ccccc3c21. The van der Waals surface area contributed by atoms with Gasteiger partial charge < -0.3 is 49.4 Å². The molecule has 5 N–H and O–H groups in total. The van der Waals surface area contributed by atoms with Crippen molar-refractivity contribution in [3.8, 4) is 11.5 Å². The number of nitrogens with one attached hydrogen (secondary N) is 1. The monoisotopic (exact) mass is 653 g/mol. The number of halogens is 1. The van der Waals surface area contributed by atoms with Crippen LogP contribution in [-0.2, 0) is 9.53 Å². The Morgan fingerprint density at radius 2 is 1.80 bits per heavy atom. The van der Waals surface area contributed by atoms with Crippen LogP contribution < -0.4 is 14.4 Å². The number of anilines is 1. The minimum atomic E-state index is -1.86. The van der Waals surface area contributed by atoms with Crippen LogP contribution in [-0.4, -0.2) is 112 Å². The van der Waals surface area contributed by atoms with E-state index in [2.05, 4.69) is 4.98 Å². The van der Waals surface area contributed by atoms with E-state index in [4.69, 9.17) is 25.8 Å². The van der Waals surface area contributed by atoms with Gasteiger partial charge in [-0.2, -0.15) is 0 Å². The lowest BCUT2D eigenvalue weighted by atomic mass is 9.92. The zero-order valence-electron chi connectivity index (χ0n) is 25.5. The van der Waals surface area contributed by atoms with Crippen LogP contribution in [0.5, 0.6) is 11.5 Å². The highest BCUT2D eigenvalue weighted by molar-refractivity contribution is 6.22. The maximum absolute atomic E-state index is 14.1. The van der Waals surface area contributed by atoms with Gasteiger partial charge in [0.15, 0.2) is 6.10 Å². The number of benzene rings is 3. The molecule has 46 heavy (non-hydrogen) atoms. The van der Waals surface area contributed by atoms with Gasteiger partial charge in [0.05, 0.1) is 5.69 Å². The third kappa shape index (κ3) is 5.88. The molecule has 2 aliphatic rings. The van der Waals surface area contributed by atoms with Gasteiger partial charge in [0, 0.05) is 46.7 Å². The summed E-state index contributed by atoms with van der Waals surface area (Å²) in [5.74, 6) is -1.18. The van der Waals surface area contributed by atoms with Gasteiger partial charge in [-0.3, -0.25) is 4.79 Å². The molecule has 3 heterocycles. The average Bonchev–Trinajstić information content (AvgIpc) is 3.62. The van der Waals surface area contributed by atoms with Gasteiger partial charge >= 0.3 is 5.97 Å². The Balaban J connectivity index is 1.37. The topological polar surface area (TPSA) is 165 Å². The highest BCUT2D eigenvalue weighted by atomic mass is 35.5. The number of fused-ring (bicyclic) bond motifs is 4. The van der Waals surface area contributed by atoms with Crippen molar-refractivity contribution in [3.05, 3.63) is 65.9 Å². The molecule has 1 fully saturated rings. The summed E-state index contributed by atoms with van der Waals surface area (Å²) in [6.45, 7) is 3.44. The molecule has 244 valence electrons. The van der Waals surface area contributed by atoms with Crippen LogP contribution in [0.15, 0.2) is 54.6 Å². The number of aliphatic hydroxyl groups excluding tert-OH is 3. The molecule has 12 nitrogen and oxygen atoms in total. The zero-order chi connectivity index (χ0) is 32.9. The highest BCUT2D eigenvalue weighted by Crippen LogP contribution is 2.48. The number of carboxylic acids is 1. The second kappa shape index (κ2) is 12.7. The number of aromatic amines is 1. The maximum atomic E-state index is 14.1. The largest absolute Gasteiger partial charge is 0.492 e. The molecule has 0 saturated carbocycles. The minimum Gasteiger partial charge on any atom is -0.492 e. The number of aliphatic hydroxyl groups is 3. The standard InChI is InChI=1S/C33H36ClN3O9/c1-16(34)21-15-37(31(41)23-13-17-12-18(8-9-22(17)35-23)44-11-10-36(2)3)24-14-25(19-6-4-5-7-20(19)26(21)24)45-33-29(40)27(38)28(39)30(46-33)32(42)43/h4-9,12-14,16,21,27-30,33,35,38-40H,10-11,15H2,1-3H3,(H,42,43)/t16-,21+,27+,28+,29-,30+,33-/m1/s1. The van der Waals surface area contributed by atoms with E-state index in [1.54, 1.807) is 29.2 Å². The van der Waals surface area contributed by atoms with E-state index < -0.39 is 36.7 Å². The normalized spacial score (nSPS) is 25.2. The van der Waals surface area contributed by atoms with Gasteiger partial charge in [-0.25, -0.2) is 4.79 Å². The molecule has 7 atom stereocenters. The highest BCUT2D eigenvalue weighted by Gasteiger charge is 2.48. The quantitative estimate of drug-likeness (QED) is 0.170. The third-order valence-electron chi connectivity index (χ3n) is 8.55. The number of carbonyl (C=O) groups excluding carboxylic acids is 1. The molecule has 0 radical (unpaired) electrons. The second-order valence-electron chi connectivity index (χ2n) is 12.0. The molecule has 13 heteroatoms. The van der Waals surface area contributed by atoms with Gasteiger partial charge in [-0.1, -0.05) is 24.3 Å². The first kappa shape index (κ1) is 32.0. The number of H-pyrrole nitrogens is 1. The lowest BCUT2D eigenvalue weighted by Crippen LogP contribution is -2.61. The molecule has 2 aliphatic heterocycles. The number of carbonyl (C=O) groups is 2. The summed E-state index contributed by atoms with van der Waals surface area (Å²) in [6, 6.07) is 16.3. The van der Waals surface area contributed by atoms with E-state index in [-0.39, 0.29) is 29.5 Å². The van der Waals surface area contributed by atoms with Crippen molar-refractivity contribution in [2.75, 3.05) is 38.7 Å². The molecule has 4 aromatic rings. The Morgan fingerprint density at radius 1 is 1.07 bits per heavy atom. The van der Waals surface area contributed by atoms with E-state index in [1.165, 1.54) is 0 Å². The van der Waals surface area contributed by atoms with Crippen molar-refractivity contribution in [1.29, 1.82) is 0 Å². The molecule has 0 spiro atoms. The predicted octanol–water partition coefficient (Wildman–Crippen LogP) is 2.90. The van der Waals surface area contributed by atoms with E-state index in [0.29, 0.717) is 29.1 Å². The molecular formula is C33H36ClN3O9. The lowest BCUT2D eigenvalue weighted by Gasteiger charge is -2.38. The van der Waals surface area contributed by atoms with Crippen molar-refractivity contribution in [2.45, 2.75) is 48.9 Å². The summed E-state index contributed by atoms with van der Waals surface area (Å²) >= 11 is 6.71. The molecule has 1 aromatic heterocycles. The minimum absolute atomic E-state index is 0.183. The summed E-state index contributed by atoms with van der Waals surface area (Å²) in [5, 5.41) is 42.5. The fourth-order valence-corrected chi connectivity index (χ4v) is 6.30. The molecule has 6 rings (SSSR count). The van der Waals surface area contributed by atoms with Crippen molar-refractivity contribution in [2.24, 2.45) is 0 Å². The summed E-state index contributed by atoms with van der Waals surface area (Å²) in [4.78, 5) is 32.7. The molecule has 3 aromatic carbocycles. The number of hydrogen-bond acceptors (Lipinski definition) is 9. The first-order valence-corrected chi connectivity index (χ1v) is 15.4. The number of aliphatic carboxylic acids is 1. The first-order valence-electron chi connectivity index (χ1n) is 15.0. The Kier molecular flexibility index (Phi) is 8.85. The summed E-state index contributed by atoms with van der Waals surface area (Å²) in [7, 11) is 3.94. The maximum Gasteiger partial charge on any atom is 0.335 e. The average molecular weight is 654 g/mol. The van der Waals surface area contributed by atoms with Crippen LogP contribution in [0.1, 0.15) is 28.9 Å². The van der Waals surface area contributed by atoms with Gasteiger partial charge in [0.2, 0.25) is 6.29 Å². The third-order valence-corrected chi connectivity index (χ3v) is 8.86. The van der Waals surface area contributed by atoms with Gasteiger partial charge in [-0.05, 0) is 56.2 Å².